The third kappa shape index (κ3) is 7.08. The number of allylic oxidation sites excluding steroid dienone is 1. The number of nitrogens with zero attached hydrogens (tertiary/aromatic N) is 3. The average molecular weight is 560 g/mol. The van der Waals surface area contributed by atoms with Crippen LogP contribution in [-0.2, 0) is 16.6 Å². The van der Waals surface area contributed by atoms with E-state index < -0.39 is 17.4 Å². The summed E-state index contributed by atoms with van der Waals surface area (Å²) >= 11 is 0. The van der Waals surface area contributed by atoms with E-state index in [2.05, 4.69) is 16.7 Å². The highest BCUT2D eigenvalue weighted by molar-refractivity contribution is 5.94. The van der Waals surface area contributed by atoms with Crippen molar-refractivity contribution in [2.45, 2.75) is 69.9 Å². The van der Waals surface area contributed by atoms with E-state index in [1.165, 1.54) is 0 Å². The lowest BCUT2D eigenvalue weighted by Gasteiger charge is -2.24. The highest BCUT2D eigenvalue weighted by Crippen LogP contribution is 2.58. The van der Waals surface area contributed by atoms with Gasteiger partial charge in [-0.1, -0.05) is 42.4 Å². The number of anilines is 1. The molecular formula is C30H33F4N3O3. The van der Waals surface area contributed by atoms with E-state index in [0.29, 0.717) is 44.5 Å². The summed E-state index contributed by atoms with van der Waals surface area (Å²) in [4.78, 5) is 18.7. The van der Waals surface area contributed by atoms with Gasteiger partial charge in [0.15, 0.2) is 5.82 Å². The number of hydrogen-bond acceptors (Lipinski definition) is 5. The summed E-state index contributed by atoms with van der Waals surface area (Å²) in [5, 5.41) is 3.74. The molecule has 1 fully saturated rings. The smallest absolute Gasteiger partial charge is 0.403 e. The van der Waals surface area contributed by atoms with Crippen LogP contribution in [0.4, 0.5) is 23.2 Å². The molecule has 0 spiro atoms. The minimum absolute atomic E-state index is 0.00476. The van der Waals surface area contributed by atoms with Gasteiger partial charge in [-0.15, -0.1) is 0 Å². The van der Waals surface area contributed by atoms with Crippen molar-refractivity contribution < 1.29 is 31.6 Å². The van der Waals surface area contributed by atoms with Gasteiger partial charge in [0, 0.05) is 31.5 Å². The molecule has 0 bridgehead atoms. The van der Waals surface area contributed by atoms with Gasteiger partial charge in [0.05, 0.1) is 12.4 Å². The Bertz CT molecular complexity index is 1300. The number of amides is 1. The summed E-state index contributed by atoms with van der Waals surface area (Å²) in [7, 11) is 0. The Kier molecular flexibility index (Phi) is 9.27. The minimum Gasteiger partial charge on any atom is -0.494 e. The van der Waals surface area contributed by atoms with E-state index in [1.54, 1.807) is 4.90 Å². The first-order chi connectivity index (χ1) is 19.1. The van der Waals surface area contributed by atoms with Gasteiger partial charge >= 0.3 is 6.18 Å². The molecule has 2 aromatic carbocycles. The second-order valence-corrected chi connectivity index (χ2v) is 9.98. The van der Waals surface area contributed by atoms with Crippen molar-refractivity contribution >= 4 is 11.6 Å². The molecule has 3 aromatic rings. The lowest BCUT2D eigenvalue weighted by atomic mass is 10.0. The van der Waals surface area contributed by atoms with Gasteiger partial charge in [0.25, 0.3) is 0 Å². The second kappa shape index (κ2) is 12.7. The predicted molar refractivity (Wildman–Crippen MR) is 144 cm³/mol. The summed E-state index contributed by atoms with van der Waals surface area (Å²) in [6, 6.07) is 15.3. The van der Waals surface area contributed by atoms with Gasteiger partial charge in [-0.05, 0) is 68.0 Å². The molecule has 1 amide bonds. The molecule has 1 heterocycles. The molecule has 4 rings (SSSR count). The van der Waals surface area contributed by atoms with E-state index in [9.17, 15) is 22.4 Å². The summed E-state index contributed by atoms with van der Waals surface area (Å²) in [5.41, 5.74) is 0.607. The highest BCUT2D eigenvalue weighted by atomic mass is 19.4. The van der Waals surface area contributed by atoms with Crippen LogP contribution in [0.25, 0.3) is 11.1 Å². The number of hydrogen-bond donors (Lipinski definition) is 0. The Morgan fingerprint density at radius 3 is 2.48 bits per heavy atom. The number of carbonyl (C=O) groups excluding carboxylic acids is 1. The van der Waals surface area contributed by atoms with Crippen molar-refractivity contribution in [2.24, 2.45) is 0 Å². The van der Waals surface area contributed by atoms with E-state index in [-0.39, 0.29) is 43.3 Å². The molecule has 40 heavy (non-hydrogen) atoms. The van der Waals surface area contributed by atoms with Crippen LogP contribution in [0.15, 0.2) is 65.5 Å². The first kappa shape index (κ1) is 29.3. The zero-order valence-corrected chi connectivity index (χ0v) is 22.5. The maximum absolute atomic E-state index is 13.3. The van der Waals surface area contributed by atoms with Crippen LogP contribution in [0.2, 0.25) is 0 Å². The summed E-state index contributed by atoms with van der Waals surface area (Å²) < 4.78 is 63.6. The third-order valence-corrected chi connectivity index (χ3v) is 7.02. The third-order valence-electron chi connectivity index (χ3n) is 7.02. The molecule has 0 atom stereocenters. The number of alkyl halides is 3. The highest BCUT2D eigenvalue weighted by Gasteiger charge is 2.68. The van der Waals surface area contributed by atoms with Crippen LogP contribution < -0.4 is 9.64 Å². The molecule has 1 saturated carbocycles. The van der Waals surface area contributed by atoms with E-state index in [4.69, 9.17) is 9.26 Å². The Morgan fingerprint density at radius 1 is 1.07 bits per heavy atom. The van der Waals surface area contributed by atoms with Gasteiger partial charge < -0.3 is 14.2 Å². The molecule has 214 valence electrons. The maximum Gasteiger partial charge on any atom is 0.403 e. The normalized spacial score (nSPS) is 14.1. The van der Waals surface area contributed by atoms with Crippen LogP contribution in [0.1, 0.15) is 63.6 Å². The molecule has 0 aliphatic heterocycles. The standard InChI is InChI=1S/C30H33F4N3O3/c1-3-39-25-14-12-22(13-15-25)23-8-7-9-24(20-23)37(27(38)16-11-21(2)31)19-6-4-5-10-26-35-28(40-36-26)29(17-18-29)30(32,33)34/h7-9,12-15,20H,2-6,10-11,16-19H2,1H3. The average Bonchev–Trinajstić information content (AvgIpc) is 3.63. The molecule has 1 aliphatic carbocycles. The SMILES string of the molecule is C=C(F)CCC(=O)N(CCCCCc1noc(C2(C(F)(F)F)CC2)n1)c1cccc(-c2ccc(OCC)cc2)c1. The Labute approximate surface area is 231 Å². The Morgan fingerprint density at radius 2 is 1.82 bits per heavy atom. The molecular weight excluding hydrogens is 526 g/mol. The van der Waals surface area contributed by atoms with E-state index in [0.717, 1.165) is 16.9 Å². The molecule has 0 N–H and O–H groups in total. The minimum atomic E-state index is -4.40. The predicted octanol–water partition coefficient (Wildman–Crippen LogP) is 7.74. The number of aryl methyl sites for hydroxylation is 1. The van der Waals surface area contributed by atoms with Gasteiger partial charge in [0.2, 0.25) is 11.8 Å². The zero-order chi connectivity index (χ0) is 28.8. The number of rotatable bonds is 14. The quantitative estimate of drug-likeness (QED) is 0.149. The number of ether oxygens (including phenoxy) is 1. The van der Waals surface area contributed by atoms with E-state index >= 15 is 0 Å². The lowest BCUT2D eigenvalue weighted by Crippen LogP contribution is -2.31. The van der Waals surface area contributed by atoms with Gasteiger partial charge in [-0.3, -0.25) is 4.79 Å². The topological polar surface area (TPSA) is 68.5 Å². The Balaban J connectivity index is 1.37. The molecule has 0 unspecified atom stereocenters. The van der Waals surface area contributed by atoms with Gasteiger partial charge in [-0.25, -0.2) is 4.39 Å². The van der Waals surface area contributed by atoms with Crippen LogP contribution in [0.5, 0.6) is 5.75 Å². The largest absolute Gasteiger partial charge is 0.494 e. The van der Waals surface area contributed by atoms with Crippen molar-refractivity contribution in [3.05, 3.63) is 72.7 Å². The number of benzene rings is 2. The molecule has 1 aromatic heterocycles. The molecule has 6 nitrogen and oxygen atoms in total. The first-order valence-electron chi connectivity index (χ1n) is 13.5. The lowest BCUT2D eigenvalue weighted by molar-refractivity contribution is -0.166. The number of unbranched alkanes of at least 4 members (excludes halogenated alkanes) is 2. The first-order valence-corrected chi connectivity index (χ1v) is 13.5. The molecule has 1 aliphatic rings. The second-order valence-electron chi connectivity index (χ2n) is 9.98. The Hall–Kier alpha value is -3.69. The summed E-state index contributed by atoms with van der Waals surface area (Å²) in [6.07, 6.45) is -2.20. The van der Waals surface area contributed by atoms with E-state index in [1.807, 2.05) is 55.5 Å². The van der Waals surface area contributed by atoms with Crippen molar-refractivity contribution in [3.63, 3.8) is 0 Å². The van der Waals surface area contributed by atoms with Crippen molar-refractivity contribution in [3.8, 4) is 16.9 Å². The van der Waals surface area contributed by atoms with Crippen molar-refractivity contribution in [2.75, 3.05) is 18.1 Å². The van der Waals surface area contributed by atoms with Crippen LogP contribution in [-0.4, -0.2) is 35.4 Å². The molecule has 0 radical (unpaired) electrons. The van der Waals surface area contributed by atoms with Crippen LogP contribution >= 0.6 is 0 Å². The van der Waals surface area contributed by atoms with Crippen molar-refractivity contribution in [1.29, 1.82) is 0 Å². The van der Waals surface area contributed by atoms with Gasteiger partial charge in [-0.2, -0.15) is 18.2 Å². The molecule has 0 saturated heterocycles. The van der Waals surface area contributed by atoms with Crippen LogP contribution in [0.3, 0.4) is 0 Å². The van der Waals surface area contributed by atoms with Gasteiger partial charge in [0.1, 0.15) is 11.2 Å². The molecule has 10 heteroatoms. The van der Waals surface area contributed by atoms with Crippen LogP contribution in [0, 0.1) is 0 Å². The fraction of sp³-hybridized carbons (Fsp3) is 0.433. The zero-order valence-electron chi connectivity index (χ0n) is 22.5. The maximum atomic E-state index is 13.3. The summed E-state index contributed by atoms with van der Waals surface area (Å²) in [6.45, 7) is 6.15. The number of aromatic nitrogens is 2. The fourth-order valence-corrected chi connectivity index (χ4v) is 4.56. The summed E-state index contributed by atoms with van der Waals surface area (Å²) in [5.74, 6) is -0.0894. The number of carbonyl (C=O) groups is 1. The number of halogens is 4. The van der Waals surface area contributed by atoms with Crippen molar-refractivity contribution in [1.82, 2.24) is 10.1 Å². The fourth-order valence-electron chi connectivity index (χ4n) is 4.56. The monoisotopic (exact) mass is 559 g/mol.